The average molecular weight is 295 g/mol. The van der Waals surface area contributed by atoms with Crippen molar-refractivity contribution >= 4 is 27.6 Å². The summed E-state index contributed by atoms with van der Waals surface area (Å²) in [6, 6.07) is 3.28. The van der Waals surface area contributed by atoms with Gasteiger partial charge in [0.1, 0.15) is 5.82 Å². The quantitative estimate of drug-likeness (QED) is 0.635. The van der Waals surface area contributed by atoms with Gasteiger partial charge in [-0.25, -0.2) is 4.39 Å². The van der Waals surface area contributed by atoms with Crippen molar-refractivity contribution in [1.82, 2.24) is 0 Å². The van der Waals surface area contributed by atoms with E-state index in [0.29, 0.717) is 0 Å². The van der Waals surface area contributed by atoms with Crippen molar-refractivity contribution in [2.24, 2.45) is 5.73 Å². The van der Waals surface area contributed by atoms with Crippen LogP contribution >= 0.6 is 15.9 Å². The van der Waals surface area contributed by atoms with Gasteiger partial charge < -0.3 is 10.8 Å². The number of non-ortho nitro benzene ring substituents is 1. The van der Waals surface area contributed by atoms with E-state index < -0.39 is 16.7 Å². The molecule has 0 aromatic heterocycles. The molecule has 8 heteroatoms. The molecular weight excluding hydrogens is 287 g/mol. The van der Waals surface area contributed by atoms with Gasteiger partial charge in [-0.2, -0.15) is 0 Å². The highest BCUT2D eigenvalue weighted by Gasteiger charge is 2.07. The van der Waals surface area contributed by atoms with E-state index >= 15 is 0 Å². The van der Waals surface area contributed by atoms with Gasteiger partial charge in [0.15, 0.2) is 0 Å². The number of carboxylic acids is 1. The topological polar surface area (TPSA) is 106 Å². The molecule has 0 heterocycles. The number of carbonyl (C=O) groups is 1. The van der Waals surface area contributed by atoms with Crippen LogP contribution in [0.4, 0.5) is 10.1 Å². The predicted molar refractivity (Wildman–Crippen MR) is 57.4 cm³/mol. The monoisotopic (exact) mass is 294 g/mol. The van der Waals surface area contributed by atoms with Gasteiger partial charge in [0.2, 0.25) is 0 Å². The first-order chi connectivity index (χ1) is 7.38. The minimum absolute atomic E-state index is 0.103. The molecule has 0 amide bonds. The predicted octanol–water partition coefficient (Wildman–Crippen LogP) is 1.53. The molecule has 0 aliphatic rings. The summed E-state index contributed by atoms with van der Waals surface area (Å²) >= 11 is 2.83. The summed E-state index contributed by atoms with van der Waals surface area (Å²) in [5.74, 6) is -1.47. The fraction of sp³-hybridized carbons (Fsp3) is 0.125. The lowest BCUT2D eigenvalue weighted by Crippen LogP contribution is -2.10. The zero-order chi connectivity index (χ0) is 12.7. The van der Waals surface area contributed by atoms with Crippen molar-refractivity contribution in [2.75, 3.05) is 6.54 Å². The Balaban J connectivity index is 0.000000385. The number of hydrogen-bond acceptors (Lipinski definition) is 4. The van der Waals surface area contributed by atoms with Crippen LogP contribution in [0.5, 0.6) is 0 Å². The van der Waals surface area contributed by atoms with Crippen LogP contribution in [0.1, 0.15) is 0 Å². The van der Waals surface area contributed by atoms with E-state index in [2.05, 4.69) is 21.7 Å². The Morgan fingerprint density at radius 3 is 2.44 bits per heavy atom. The third-order valence-corrected chi connectivity index (χ3v) is 1.90. The molecule has 0 atom stereocenters. The van der Waals surface area contributed by atoms with E-state index in [9.17, 15) is 19.3 Å². The van der Waals surface area contributed by atoms with Gasteiger partial charge in [0, 0.05) is 12.1 Å². The molecule has 0 unspecified atom stereocenters. The molecule has 3 N–H and O–H groups in total. The zero-order valence-electron chi connectivity index (χ0n) is 7.89. The van der Waals surface area contributed by atoms with E-state index in [1.165, 1.54) is 0 Å². The van der Waals surface area contributed by atoms with Crippen LogP contribution in [-0.4, -0.2) is 22.5 Å². The Morgan fingerprint density at radius 1 is 1.62 bits per heavy atom. The molecule has 1 aromatic carbocycles. The standard InChI is InChI=1S/C6H3BrFNO2.C2H5NO2/c7-5-3-4(9(10)11)1-2-6(5)8;3-1-2(4)5/h1-3H;1,3H2,(H,4,5). The molecule has 1 aromatic rings. The van der Waals surface area contributed by atoms with Crippen molar-refractivity contribution in [1.29, 1.82) is 0 Å². The first-order valence-corrected chi connectivity index (χ1v) is 4.69. The van der Waals surface area contributed by atoms with E-state index in [1.807, 2.05) is 0 Å². The highest BCUT2D eigenvalue weighted by Crippen LogP contribution is 2.20. The average Bonchev–Trinajstić information content (AvgIpc) is 2.22. The summed E-state index contributed by atoms with van der Waals surface area (Å²) < 4.78 is 12.6. The SMILES string of the molecule is NCC(=O)O.O=[N+]([O-])c1ccc(F)c(Br)c1. The van der Waals surface area contributed by atoms with Gasteiger partial charge in [-0.15, -0.1) is 0 Å². The second-order valence-corrected chi connectivity index (χ2v) is 3.31. The Labute approximate surface area is 98.1 Å². The number of rotatable bonds is 2. The van der Waals surface area contributed by atoms with Crippen molar-refractivity contribution < 1.29 is 19.2 Å². The molecule has 0 fully saturated rings. The van der Waals surface area contributed by atoms with Crippen LogP contribution < -0.4 is 5.73 Å². The molecular formula is C8H8BrFN2O4. The third kappa shape index (κ3) is 5.37. The molecule has 16 heavy (non-hydrogen) atoms. The number of hydrogen-bond donors (Lipinski definition) is 2. The normalized spacial score (nSPS) is 8.94. The van der Waals surface area contributed by atoms with E-state index in [1.54, 1.807) is 0 Å². The highest BCUT2D eigenvalue weighted by molar-refractivity contribution is 9.10. The van der Waals surface area contributed by atoms with Crippen LogP contribution in [0.15, 0.2) is 22.7 Å². The number of halogens is 2. The first kappa shape index (κ1) is 14.5. The first-order valence-electron chi connectivity index (χ1n) is 3.89. The number of nitrogens with zero attached hydrogens (tertiary/aromatic N) is 1. The molecule has 0 saturated heterocycles. The summed E-state index contributed by atoms with van der Waals surface area (Å²) in [5, 5.41) is 17.7. The summed E-state index contributed by atoms with van der Waals surface area (Å²) in [7, 11) is 0. The van der Waals surface area contributed by atoms with Crippen molar-refractivity contribution in [3.8, 4) is 0 Å². The Kier molecular flexibility index (Phi) is 6.19. The largest absolute Gasteiger partial charge is 0.480 e. The summed E-state index contributed by atoms with van der Waals surface area (Å²) in [5.41, 5.74) is 4.45. The Bertz CT molecular complexity index is 400. The van der Waals surface area contributed by atoms with Gasteiger partial charge in [-0.1, -0.05) is 0 Å². The third-order valence-electron chi connectivity index (χ3n) is 1.29. The highest BCUT2D eigenvalue weighted by atomic mass is 79.9. The molecule has 1 rings (SSSR count). The zero-order valence-corrected chi connectivity index (χ0v) is 9.48. The van der Waals surface area contributed by atoms with Crippen molar-refractivity contribution in [3.05, 3.63) is 38.6 Å². The second-order valence-electron chi connectivity index (χ2n) is 2.45. The Hall–Kier alpha value is -1.54. The van der Waals surface area contributed by atoms with Gasteiger partial charge in [0.05, 0.1) is 15.9 Å². The van der Waals surface area contributed by atoms with E-state index in [0.717, 1.165) is 18.2 Å². The smallest absolute Gasteiger partial charge is 0.317 e. The number of carboxylic acid groups (broad SMARTS) is 1. The summed E-state index contributed by atoms with van der Waals surface area (Å²) in [4.78, 5) is 18.8. The number of aliphatic carboxylic acids is 1. The minimum atomic E-state index is -0.968. The molecule has 0 spiro atoms. The lowest BCUT2D eigenvalue weighted by molar-refractivity contribution is -0.385. The minimum Gasteiger partial charge on any atom is -0.480 e. The van der Waals surface area contributed by atoms with Crippen molar-refractivity contribution in [3.63, 3.8) is 0 Å². The van der Waals surface area contributed by atoms with Gasteiger partial charge >= 0.3 is 5.97 Å². The van der Waals surface area contributed by atoms with Crippen LogP contribution in [0.2, 0.25) is 0 Å². The number of nitrogens with two attached hydrogens (primary N) is 1. The van der Waals surface area contributed by atoms with Crippen LogP contribution in [-0.2, 0) is 4.79 Å². The lowest BCUT2D eigenvalue weighted by atomic mass is 10.3. The number of benzene rings is 1. The van der Waals surface area contributed by atoms with Crippen LogP contribution in [0.3, 0.4) is 0 Å². The maximum atomic E-state index is 12.5. The number of nitro benzene ring substituents is 1. The summed E-state index contributed by atoms with van der Waals surface area (Å²) in [6.07, 6.45) is 0. The fourth-order valence-corrected chi connectivity index (χ4v) is 0.965. The second kappa shape index (κ2) is 6.85. The van der Waals surface area contributed by atoms with E-state index in [-0.39, 0.29) is 16.7 Å². The molecule has 0 aliphatic heterocycles. The molecule has 0 aliphatic carbocycles. The maximum absolute atomic E-state index is 12.5. The van der Waals surface area contributed by atoms with Gasteiger partial charge in [-0.3, -0.25) is 14.9 Å². The van der Waals surface area contributed by atoms with Crippen molar-refractivity contribution in [2.45, 2.75) is 0 Å². The molecule has 0 saturated carbocycles. The summed E-state index contributed by atoms with van der Waals surface area (Å²) in [6.45, 7) is -0.278. The fourth-order valence-electron chi connectivity index (χ4n) is 0.599. The number of nitro groups is 1. The molecule has 0 bridgehead atoms. The van der Waals surface area contributed by atoms with Gasteiger partial charge in [0.25, 0.3) is 5.69 Å². The van der Waals surface area contributed by atoms with E-state index in [4.69, 9.17) is 5.11 Å². The maximum Gasteiger partial charge on any atom is 0.317 e. The van der Waals surface area contributed by atoms with Crippen LogP contribution in [0.25, 0.3) is 0 Å². The molecule has 0 radical (unpaired) electrons. The van der Waals surface area contributed by atoms with Gasteiger partial charge in [-0.05, 0) is 22.0 Å². The van der Waals surface area contributed by atoms with Crippen LogP contribution in [0, 0.1) is 15.9 Å². The lowest BCUT2D eigenvalue weighted by Gasteiger charge is -1.92. The molecule has 88 valence electrons. The Morgan fingerprint density at radius 2 is 2.12 bits per heavy atom. The molecule has 6 nitrogen and oxygen atoms in total.